The van der Waals surface area contributed by atoms with Crippen molar-refractivity contribution >= 4 is 23.4 Å². The van der Waals surface area contributed by atoms with Crippen LogP contribution in [0.2, 0.25) is 0 Å². The van der Waals surface area contributed by atoms with Gasteiger partial charge in [-0.2, -0.15) is 0 Å². The smallest absolute Gasteiger partial charge is 0.234 e. The van der Waals surface area contributed by atoms with Gasteiger partial charge in [-0.15, -0.1) is 0 Å². The molecule has 26 heavy (non-hydrogen) atoms. The highest BCUT2D eigenvalue weighted by molar-refractivity contribution is 7.99. The number of imidazole rings is 1. The van der Waals surface area contributed by atoms with E-state index in [2.05, 4.69) is 21.8 Å². The molecule has 0 spiro atoms. The van der Waals surface area contributed by atoms with Crippen LogP contribution in [0.4, 0.5) is 5.69 Å². The third-order valence-electron chi connectivity index (χ3n) is 4.54. The monoisotopic (exact) mass is 375 g/mol. The maximum atomic E-state index is 12.3. The van der Waals surface area contributed by atoms with E-state index in [1.807, 2.05) is 31.2 Å². The number of carbonyl (C=O) groups is 1. The molecule has 1 saturated heterocycles. The highest BCUT2D eigenvalue weighted by Gasteiger charge is 2.20. The van der Waals surface area contributed by atoms with E-state index in [1.54, 1.807) is 7.11 Å². The predicted molar refractivity (Wildman–Crippen MR) is 103 cm³/mol. The largest absolute Gasteiger partial charge is 0.497 e. The number of methoxy groups -OCH3 is 1. The maximum Gasteiger partial charge on any atom is 0.234 e. The van der Waals surface area contributed by atoms with Gasteiger partial charge >= 0.3 is 0 Å². The molecule has 1 aromatic carbocycles. The molecule has 1 aliphatic heterocycles. The predicted octanol–water partition coefficient (Wildman–Crippen LogP) is 3.42. The first-order valence-corrected chi connectivity index (χ1v) is 9.77. The molecule has 0 bridgehead atoms. The summed E-state index contributed by atoms with van der Waals surface area (Å²) >= 11 is 1.46. The number of nitrogens with one attached hydrogen (secondary N) is 1. The Bertz CT molecular complexity index is 752. The Morgan fingerprint density at radius 2 is 2.15 bits per heavy atom. The Labute approximate surface area is 158 Å². The van der Waals surface area contributed by atoms with E-state index in [-0.39, 0.29) is 12.0 Å². The summed E-state index contributed by atoms with van der Waals surface area (Å²) < 4.78 is 13.1. The zero-order valence-electron chi connectivity index (χ0n) is 15.4. The van der Waals surface area contributed by atoms with Crippen molar-refractivity contribution in [3.63, 3.8) is 0 Å². The fourth-order valence-electron chi connectivity index (χ4n) is 2.94. The number of thioether (sulfide) groups is 1. The molecule has 0 radical (unpaired) electrons. The Balaban J connectivity index is 1.59. The van der Waals surface area contributed by atoms with E-state index >= 15 is 0 Å². The molecule has 2 aromatic rings. The highest BCUT2D eigenvalue weighted by Crippen LogP contribution is 2.24. The van der Waals surface area contributed by atoms with Gasteiger partial charge < -0.3 is 19.4 Å². The van der Waals surface area contributed by atoms with E-state index < -0.39 is 0 Å². The summed E-state index contributed by atoms with van der Waals surface area (Å²) in [7, 11) is 1.62. The SMILES string of the molecule is COc1ccc(NC(=O)CSc2nc(C)c(C)n2CC2CCCO2)cc1. The lowest BCUT2D eigenvalue weighted by Crippen LogP contribution is -2.18. The molecule has 7 heteroatoms. The lowest BCUT2D eigenvalue weighted by atomic mass is 10.2. The minimum atomic E-state index is -0.0536. The van der Waals surface area contributed by atoms with Crippen LogP contribution in [0.25, 0.3) is 0 Å². The Kier molecular flexibility index (Phi) is 6.21. The summed E-state index contributed by atoms with van der Waals surface area (Å²) in [5.41, 5.74) is 2.89. The number of ether oxygens (including phenoxy) is 2. The lowest BCUT2D eigenvalue weighted by molar-refractivity contribution is -0.113. The third-order valence-corrected chi connectivity index (χ3v) is 5.52. The van der Waals surface area contributed by atoms with Gasteiger partial charge in [0, 0.05) is 18.0 Å². The first-order valence-electron chi connectivity index (χ1n) is 8.79. The molecule has 6 nitrogen and oxygen atoms in total. The fraction of sp³-hybridized carbons (Fsp3) is 0.474. The van der Waals surface area contributed by atoms with Crippen LogP contribution in [-0.4, -0.2) is 41.0 Å². The number of aromatic nitrogens is 2. The molecule has 1 atom stereocenters. The molecule has 1 aliphatic rings. The minimum absolute atomic E-state index is 0.0536. The number of rotatable bonds is 7. The van der Waals surface area contributed by atoms with E-state index in [9.17, 15) is 4.79 Å². The summed E-state index contributed by atoms with van der Waals surface area (Å²) in [5, 5.41) is 3.78. The number of anilines is 1. The summed E-state index contributed by atoms with van der Waals surface area (Å²) in [6, 6.07) is 7.30. The van der Waals surface area contributed by atoms with Crippen LogP contribution in [0.5, 0.6) is 5.75 Å². The number of nitrogens with zero attached hydrogens (tertiary/aromatic N) is 2. The molecule has 2 heterocycles. The maximum absolute atomic E-state index is 12.3. The van der Waals surface area contributed by atoms with E-state index in [4.69, 9.17) is 9.47 Å². The second kappa shape index (κ2) is 8.60. The van der Waals surface area contributed by atoms with Crippen molar-refractivity contribution in [1.82, 2.24) is 9.55 Å². The van der Waals surface area contributed by atoms with Crippen LogP contribution in [0.1, 0.15) is 24.2 Å². The van der Waals surface area contributed by atoms with Crippen LogP contribution < -0.4 is 10.1 Å². The average Bonchev–Trinajstić information content (AvgIpc) is 3.25. The zero-order chi connectivity index (χ0) is 18.5. The van der Waals surface area contributed by atoms with Crippen LogP contribution in [0.3, 0.4) is 0 Å². The number of carbonyl (C=O) groups excluding carboxylic acids is 1. The van der Waals surface area contributed by atoms with Gasteiger partial charge in [-0.25, -0.2) is 4.98 Å². The third kappa shape index (κ3) is 4.59. The first-order chi connectivity index (χ1) is 12.6. The van der Waals surface area contributed by atoms with Crippen LogP contribution in [0, 0.1) is 13.8 Å². The Hall–Kier alpha value is -1.99. The molecule has 1 aromatic heterocycles. The summed E-state index contributed by atoms with van der Waals surface area (Å²) in [6.45, 7) is 5.71. The minimum Gasteiger partial charge on any atom is -0.497 e. The number of hydrogen-bond acceptors (Lipinski definition) is 5. The van der Waals surface area contributed by atoms with Gasteiger partial charge in [0.2, 0.25) is 5.91 Å². The number of benzene rings is 1. The highest BCUT2D eigenvalue weighted by atomic mass is 32.2. The quantitative estimate of drug-likeness (QED) is 0.751. The normalized spacial score (nSPS) is 16.7. The van der Waals surface area contributed by atoms with Crippen molar-refractivity contribution in [2.45, 2.75) is 44.5 Å². The summed E-state index contributed by atoms with van der Waals surface area (Å²) in [4.78, 5) is 16.9. The van der Waals surface area contributed by atoms with Crippen molar-refractivity contribution in [1.29, 1.82) is 0 Å². The van der Waals surface area contributed by atoms with Gasteiger partial charge in [-0.1, -0.05) is 11.8 Å². The number of amides is 1. The molecule has 1 fully saturated rings. The topological polar surface area (TPSA) is 65.4 Å². The van der Waals surface area contributed by atoms with Gasteiger partial charge in [-0.05, 0) is 51.0 Å². The summed E-state index contributed by atoms with van der Waals surface area (Å²) in [6.07, 6.45) is 2.44. The molecule has 3 rings (SSSR count). The molecule has 1 unspecified atom stereocenters. The second-order valence-electron chi connectivity index (χ2n) is 6.38. The molecular formula is C19H25N3O3S. The fourth-order valence-corrected chi connectivity index (χ4v) is 3.84. The van der Waals surface area contributed by atoms with Gasteiger partial charge in [0.05, 0.1) is 31.2 Å². The zero-order valence-corrected chi connectivity index (χ0v) is 16.3. The average molecular weight is 375 g/mol. The Morgan fingerprint density at radius 3 is 2.81 bits per heavy atom. The molecular weight excluding hydrogens is 350 g/mol. The van der Waals surface area contributed by atoms with Gasteiger partial charge in [0.15, 0.2) is 5.16 Å². The van der Waals surface area contributed by atoms with Crippen LogP contribution in [0.15, 0.2) is 29.4 Å². The molecule has 1 amide bonds. The van der Waals surface area contributed by atoms with E-state index in [1.165, 1.54) is 11.8 Å². The number of hydrogen-bond donors (Lipinski definition) is 1. The van der Waals surface area contributed by atoms with Crippen LogP contribution in [-0.2, 0) is 16.1 Å². The standard InChI is InChI=1S/C19H25N3O3S/c1-13-14(2)22(11-17-5-4-10-25-17)19(20-13)26-12-18(23)21-15-6-8-16(24-3)9-7-15/h6-9,17H,4-5,10-12H2,1-3H3,(H,21,23). The van der Waals surface area contributed by atoms with Gasteiger partial charge in [-0.3, -0.25) is 4.79 Å². The Morgan fingerprint density at radius 1 is 1.38 bits per heavy atom. The number of aryl methyl sites for hydroxylation is 1. The van der Waals surface area contributed by atoms with Crippen molar-refractivity contribution in [2.75, 3.05) is 24.8 Å². The van der Waals surface area contributed by atoms with E-state index in [0.717, 1.165) is 54.0 Å². The van der Waals surface area contributed by atoms with Crippen molar-refractivity contribution in [3.8, 4) is 5.75 Å². The van der Waals surface area contributed by atoms with Crippen molar-refractivity contribution < 1.29 is 14.3 Å². The van der Waals surface area contributed by atoms with Crippen molar-refractivity contribution in [3.05, 3.63) is 35.7 Å². The van der Waals surface area contributed by atoms with Gasteiger partial charge in [0.25, 0.3) is 0 Å². The molecule has 0 aliphatic carbocycles. The summed E-state index contributed by atoms with van der Waals surface area (Å²) in [5.74, 6) is 1.02. The van der Waals surface area contributed by atoms with Gasteiger partial charge in [0.1, 0.15) is 5.75 Å². The second-order valence-corrected chi connectivity index (χ2v) is 7.32. The lowest BCUT2D eigenvalue weighted by Gasteiger charge is -2.14. The molecule has 0 saturated carbocycles. The van der Waals surface area contributed by atoms with Crippen LogP contribution >= 0.6 is 11.8 Å². The first kappa shape index (κ1) is 18.8. The van der Waals surface area contributed by atoms with Crippen molar-refractivity contribution in [2.24, 2.45) is 0 Å². The van der Waals surface area contributed by atoms with E-state index in [0.29, 0.717) is 5.75 Å². The molecule has 1 N–H and O–H groups in total. The molecule has 140 valence electrons.